The molecule has 0 aromatic rings. The van der Waals surface area contributed by atoms with E-state index in [-0.39, 0.29) is 0 Å². The van der Waals surface area contributed by atoms with Gasteiger partial charge in [0.05, 0.1) is 18.8 Å². The highest BCUT2D eigenvalue weighted by atomic mass is 16.5. The van der Waals surface area contributed by atoms with Gasteiger partial charge in [-0.1, -0.05) is 44.6 Å². The van der Waals surface area contributed by atoms with Crippen LogP contribution in [-0.2, 0) is 4.74 Å². The van der Waals surface area contributed by atoms with Gasteiger partial charge in [-0.25, -0.2) is 0 Å². The molecule has 3 nitrogen and oxygen atoms in total. The first kappa shape index (κ1) is 17.0. The van der Waals surface area contributed by atoms with Crippen LogP contribution in [0.1, 0.15) is 70.6 Å². The summed E-state index contributed by atoms with van der Waals surface area (Å²) in [5.74, 6) is 0. The molecule has 2 rings (SSSR count). The Morgan fingerprint density at radius 3 is 2.19 bits per heavy atom. The van der Waals surface area contributed by atoms with Crippen molar-refractivity contribution in [1.29, 1.82) is 0 Å². The minimum Gasteiger partial charge on any atom is -0.390 e. The lowest BCUT2D eigenvalue weighted by Gasteiger charge is -2.45. The average molecular weight is 295 g/mol. The topological polar surface area (TPSA) is 41.5 Å². The van der Waals surface area contributed by atoms with Crippen molar-refractivity contribution < 1.29 is 9.84 Å². The molecular formula is C18H33NO2. The number of allylic oxidation sites excluding steroid dienone is 1. The lowest BCUT2D eigenvalue weighted by Crippen LogP contribution is -2.59. The largest absolute Gasteiger partial charge is 0.390 e. The summed E-state index contributed by atoms with van der Waals surface area (Å²) in [6.45, 7) is 5.29. The fourth-order valence-electron chi connectivity index (χ4n) is 3.85. The van der Waals surface area contributed by atoms with Gasteiger partial charge in [0, 0.05) is 12.1 Å². The molecule has 0 aromatic carbocycles. The molecule has 21 heavy (non-hydrogen) atoms. The average Bonchev–Trinajstić information content (AvgIpc) is 2.45. The van der Waals surface area contributed by atoms with E-state index < -0.39 is 5.60 Å². The quantitative estimate of drug-likeness (QED) is 0.478. The smallest absolute Gasteiger partial charge is 0.0679 e. The van der Waals surface area contributed by atoms with E-state index in [1.165, 1.54) is 44.9 Å². The molecule has 2 fully saturated rings. The maximum atomic E-state index is 10.8. The molecule has 122 valence electrons. The van der Waals surface area contributed by atoms with E-state index in [0.29, 0.717) is 12.1 Å². The molecule has 2 bridgehead atoms. The number of morpholine rings is 1. The molecule has 0 saturated carbocycles. The predicted molar refractivity (Wildman–Crippen MR) is 87.5 cm³/mol. The number of unbranched alkanes of at least 4 members (excludes halogenated alkanes) is 7. The molecule has 2 heterocycles. The third-order valence-electron chi connectivity index (χ3n) is 4.91. The summed E-state index contributed by atoms with van der Waals surface area (Å²) in [6, 6.07) is 0.736. The number of rotatable bonds is 10. The molecule has 0 amide bonds. The number of hydrogen-bond donors (Lipinski definition) is 2. The van der Waals surface area contributed by atoms with Crippen LogP contribution in [0.15, 0.2) is 12.7 Å². The minimum absolute atomic E-state index is 0.368. The molecule has 2 saturated heterocycles. The summed E-state index contributed by atoms with van der Waals surface area (Å²) in [5, 5.41) is 14.3. The fourth-order valence-corrected chi connectivity index (χ4v) is 3.85. The first-order valence-corrected chi connectivity index (χ1v) is 8.89. The van der Waals surface area contributed by atoms with Crippen LogP contribution in [0.25, 0.3) is 0 Å². The predicted octanol–water partition coefficient (Wildman–Crippen LogP) is 3.57. The Hall–Kier alpha value is -0.380. The highest BCUT2D eigenvalue weighted by Crippen LogP contribution is 2.32. The first-order chi connectivity index (χ1) is 10.2. The molecule has 2 aliphatic heterocycles. The van der Waals surface area contributed by atoms with Gasteiger partial charge >= 0.3 is 0 Å². The SMILES string of the molecule is C=CCCCCCCCCCC1(O)CC2COCC(C1)N2. The summed E-state index contributed by atoms with van der Waals surface area (Å²) in [5.41, 5.74) is -0.436. The first-order valence-electron chi connectivity index (χ1n) is 8.89. The Kier molecular flexibility index (Phi) is 7.21. The van der Waals surface area contributed by atoms with Gasteiger partial charge in [-0.3, -0.25) is 0 Å². The van der Waals surface area contributed by atoms with Gasteiger partial charge in [0.15, 0.2) is 0 Å². The van der Waals surface area contributed by atoms with Gasteiger partial charge in [0.2, 0.25) is 0 Å². The van der Waals surface area contributed by atoms with Crippen LogP contribution in [0.2, 0.25) is 0 Å². The molecule has 0 radical (unpaired) electrons. The number of nitrogens with one attached hydrogen (secondary N) is 1. The molecule has 3 heteroatoms. The van der Waals surface area contributed by atoms with Crippen LogP contribution in [0, 0.1) is 0 Å². The third-order valence-corrected chi connectivity index (χ3v) is 4.91. The number of fused-ring (bicyclic) bond motifs is 2. The zero-order valence-corrected chi connectivity index (χ0v) is 13.5. The zero-order chi connectivity index (χ0) is 15.0. The van der Waals surface area contributed by atoms with Gasteiger partial charge in [-0.05, 0) is 32.1 Å². The van der Waals surface area contributed by atoms with Crippen LogP contribution < -0.4 is 5.32 Å². The van der Waals surface area contributed by atoms with E-state index in [2.05, 4.69) is 11.9 Å². The Balaban J connectivity index is 1.51. The van der Waals surface area contributed by atoms with Crippen LogP contribution in [-0.4, -0.2) is 36.0 Å². The van der Waals surface area contributed by atoms with Crippen LogP contribution >= 0.6 is 0 Å². The van der Waals surface area contributed by atoms with Crippen molar-refractivity contribution in [3.8, 4) is 0 Å². The van der Waals surface area contributed by atoms with Crippen molar-refractivity contribution in [2.45, 2.75) is 88.3 Å². The summed E-state index contributed by atoms with van der Waals surface area (Å²) < 4.78 is 5.55. The van der Waals surface area contributed by atoms with Gasteiger partial charge in [-0.2, -0.15) is 0 Å². The maximum Gasteiger partial charge on any atom is 0.0679 e. The Morgan fingerprint density at radius 1 is 1.00 bits per heavy atom. The number of aliphatic hydroxyl groups is 1. The number of hydrogen-bond acceptors (Lipinski definition) is 3. The number of ether oxygens (including phenoxy) is 1. The molecule has 0 aromatic heterocycles. The second-order valence-corrected chi connectivity index (χ2v) is 7.03. The molecule has 0 spiro atoms. The van der Waals surface area contributed by atoms with Crippen LogP contribution in [0.5, 0.6) is 0 Å². The van der Waals surface area contributed by atoms with E-state index in [0.717, 1.165) is 38.9 Å². The molecule has 2 atom stereocenters. The van der Waals surface area contributed by atoms with Crippen molar-refractivity contribution in [3.63, 3.8) is 0 Å². The van der Waals surface area contributed by atoms with Gasteiger partial charge in [0.25, 0.3) is 0 Å². The summed E-state index contributed by atoms with van der Waals surface area (Å²) in [6.07, 6.45) is 15.0. The van der Waals surface area contributed by atoms with Crippen molar-refractivity contribution in [1.82, 2.24) is 5.32 Å². The lowest BCUT2D eigenvalue weighted by molar-refractivity contribution is -0.0808. The van der Waals surface area contributed by atoms with E-state index in [9.17, 15) is 5.11 Å². The normalized spacial score (nSPS) is 32.0. The van der Waals surface area contributed by atoms with Crippen LogP contribution in [0.4, 0.5) is 0 Å². The summed E-state index contributed by atoms with van der Waals surface area (Å²) in [7, 11) is 0. The van der Waals surface area contributed by atoms with Crippen LogP contribution in [0.3, 0.4) is 0 Å². The summed E-state index contributed by atoms with van der Waals surface area (Å²) >= 11 is 0. The van der Waals surface area contributed by atoms with Crippen molar-refractivity contribution in [2.24, 2.45) is 0 Å². The fraction of sp³-hybridized carbons (Fsp3) is 0.889. The maximum absolute atomic E-state index is 10.8. The zero-order valence-electron chi connectivity index (χ0n) is 13.5. The summed E-state index contributed by atoms with van der Waals surface area (Å²) in [4.78, 5) is 0. The molecule has 0 aliphatic carbocycles. The van der Waals surface area contributed by atoms with Gasteiger partial charge < -0.3 is 15.2 Å². The van der Waals surface area contributed by atoms with E-state index in [1.807, 2.05) is 6.08 Å². The third kappa shape index (κ3) is 6.09. The highest BCUT2D eigenvalue weighted by Gasteiger charge is 2.40. The highest BCUT2D eigenvalue weighted by molar-refractivity contribution is 4.97. The van der Waals surface area contributed by atoms with Gasteiger partial charge in [-0.15, -0.1) is 6.58 Å². The van der Waals surface area contributed by atoms with Gasteiger partial charge in [0.1, 0.15) is 0 Å². The Labute approximate surface area is 130 Å². The van der Waals surface area contributed by atoms with Crippen molar-refractivity contribution >= 4 is 0 Å². The molecular weight excluding hydrogens is 262 g/mol. The monoisotopic (exact) mass is 295 g/mol. The standard InChI is InChI=1S/C18H33NO2/c1-2-3-4-5-6-7-8-9-10-11-18(20)12-16-14-21-15-17(13-18)19-16/h2,16-17,19-20H,1,3-15H2. The number of piperidine rings is 1. The van der Waals surface area contributed by atoms with Crippen molar-refractivity contribution in [2.75, 3.05) is 13.2 Å². The van der Waals surface area contributed by atoms with E-state index in [1.54, 1.807) is 0 Å². The second-order valence-electron chi connectivity index (χ2n) is 7.03. The van der Waals surface area contributed by atoms with E-state index in [4.69, 9.17) is 4.74 Å². The van der Waals surface area contributed by atoms with E-state index >= 15 is 0 Å². The van der Waals surface area contributed by atoms with Crippen molar-refractivity contribution in [3.05, 3.63) is 12.7 Å². The molecule has 2 aliphatic rings. The molecule has 2 N–H and O–H groups in total. The molecule has 2 unspecified atom stereocenters. The Morgan fingerprint density at radius 2 is 1.57 bits per heavy atom. The second kappa shape index (κ2) is 8.92. The Bertz CT molecular complexity index is 294. The minimum atomic E-state index is -0.436. The lowest BCUT2D eigenvalue weighted by atomic mass is 9.79.